The number of anilines is 1. The molecule has 3 aromatic carbocycles. The SMILES string of the molecule is C[C@H]([C@H](O)c1ccccc1)N(C)C(=O)Nc1ccc(Oc2ccccc2)cc1. The smallest absolute Gasteiger partial charge is 0.321 e. The van der Waals surface area contributed by atoms with Gasteiger partial charge in [0.15, 0.2) is 0 Å². The van der Waals surface area contributed by atoms with Crippen molar-refractivity contribution in [2.24, 2.45) is 0 Å². The van der Waals surface area contributed by atoms with Crippen LogP contribution in [0.15, 0.2) is 84.9 Å². The Morgan fingerprint density at radius 2 is 1.43 bits per heavy atom. The first-order valence-electron chi connectivity index (χ1n) is 9.14. The molecule has 0 aliphatic rings. The summed E-state index contributed by atoms with van der Waals surface area (Å²) in [4.78, 5) is 14.0. The van der Waals surface area contributed by atoms with E-state index in [1.54, 1.807) is 31.3 Å². The van der Waals surface area contributed by atoms with Crippen molar-refractivity contribution in [1.82, 2.24) is 4.90 Å². The third-order valence-electron chi connectivity index (χ3n) is 4.61. The highest BCUT2D eigenvalue weighted by Crippen LogP contribution is 2.24. The summed E-state index contributed by atoms with van der Waals surface area (Å²) >= 11 is 0. The molecule has 0 fully saturated rings. The van der Waals surface area contributed by atoms with E-state index in [2.05, 4.69) is 5.32 Å². The third kappa shape index (κ3) is 4.90. The third-order valence-corrected chi connectivity index (χ3v) is 4.61. The molecule has 3 aromatic rings. The molecular weight excluding hydrogens is 352 g/mol. The van der Waals surface area contributed by atoms with Gasteiger partial charge in [0.1, 0.15) is 11.5 Å². The van der Waals surface area contributed by atoms with Gasteiger partial charge in [0.2, 0.25) is 0 Å². The molecule has 0 spiro atoms. The number of carbonyl (C=O) groups is 1. The lowest BCUT2D eigenvalue weighted by Gasteiger charge is -2.29. The summed E-state index contributed by atoms with van der Waals surface area (Å²) in [6.45, 7) is 1.81. The molecule has 3 rings (SSSR count). The van der Waals surface area contributed by atoms with Crippen LogP contribution in [0, 0.1) is 0 Å². The average molecular weight is 376 g/mol. The van der Waals surface area contributed by atoms with Crippen LogP contribution >= 0.6 is 0 Å². The molecule has 0 unspecified atom stereocenters. The molecule has 0 bridgehead atoms. The van der Waals surface area contributed by atoms with Crippen molar-refractivity contribution < 1.29 is 14.6 Å². The van der Waals surface area contributed by atoms with Crippen LogP contribution in [0.25, 0.3) is 0 Å². The van der Waals surface area contributed by atoms with Gasteiger partial charge in [-0.3, -0.25) is 0 Å². The Labute approximate surface area is 165 Å². The van der Waals surface area contributed by atoms with Crippen molar-refractivity contribution in [3.05, 3.63) is 90.5 Å². The van der Waals surface area contributed by atoms with Crippen molar-refractivity contribution >= 4 is 11.7 Å². The van der Waals surface area contributed by atoms with E-state index in [4.69, 9.17) is 4.74 Å². The number of benzene rings is 3. The number of nitrogens with zero attached hydrogens (tertiary/aromatic N) is 1. The second-order valence-electron chi connectivity index (χ2n) is 6.58. The standard InChI is InChI=1S/C23H24N2O3/c1-17(22(26)18-9-5-3-6-10-18)25(2)23(27)24-19-13-15-21(16-14-19)28-20-11-7-4-8-12-20/h3-17,22,26H,1-2H3,(H,24,27)/t17-,22+/m1/s1. The molecule has 5 heteroatoms. The van der Waals surface area contributed by atoms with E-state index in [0.29, 0.717) is 11.4 Å². The van der Waals surface area contributed by atoms with Crippen LogP contribution in [0.5, 0.6) is 11.5 Å². The summed E-state index contributed by atoms with van der Waals surface area (Å²) in [5.74, 6) is 1.44. The van der Waals surface area contributed by atoms with Gasteiger partial charge in [-0.2, -0.15) is 0 Å². The number of hydrogen-bond acceptors (Lipinski definition) is 3. The van der Waals surface area contributed by atoms with E-state index in [0.717, 1.165) is 11.3 Å². The van der Waals surface area contributed by atoms with Gasteiger partial charge in [-0.25, -0.2) is 4.79 Å². The zero-order chi connectivity index (χ0) is 19.9. The largest absolute Gasteiger partial charge is 0.457 e. The van der Waals surface area contributed by atoms with Gasteiger partial charge in [0, 0.05) is 12.7 Å². The highest BCUT2D eigenvalue weighted by Gasteiger charge is 2.24. The van der Waals surface area contributed by atoms with Crippen molar-refractivity contribution in [1.29, 1.82) is 0 Å². The molecule has 144 valence electrons. The molecule has 0 aliphatic carbocycles. The Bertz CT molecular complexity index is 883. The number of aliphatic hydroxyl groups is 1. The fourth-order valence-electron chi connectivity index (χ4n) is 2.77. The number of aliphatic hydroxyl groups excluding tert-OH is 1. The molecule has 0 saturated carbocycles. The molecule has 2 N–H and O–H groups in total. The second-order valence-corrected chi connectivity index (χ2v) is 6.58. The van der Waals surface area contributed by atoms with E-state index in [-0.39, 0.29) is 12.1 Å². The molecule has 0 saturated heterocycles. The summed E-state index contributed by atoms with van der Waals surface area (Å²) < 4.78 is 5.75. The maximum Gasteiger partial charge on any atom is 0.321 e. The average Bonchev–Trinajstić information content (AvgIpc) is 2.75. The quantitative estimate of drug-likeness (QED) is 0.632. The first kappa shape index (κ1) is 19.5. The number of likely N-dealkylation sites (N-methyl/N-ethyl adjacent to an activating group) is 1. The first-order chi connectivity index (χ1) is 13.5. The van der Waals surface area contributed by atoms with Crippen LogP contribution in [0.4, 0.5) is 10.5 Å². The number of ether oxygens (including phenoxy) is 1. The zero-order valence-corrected chi connectivity index (χ0v) is 15.9. The van der Waals surface area contributed by atoms with E-state index < -0.39 is 6.10 Å². The summed E-state index contributed by atoms with van der Waals surface area (Å²) in [5, 5.41) is 13.4. The molecule has 5 nitrogen and oxygen atoms in total. The summed E-state index contributed by atoms with van der Waals surface area (Å²) in [7, 11) is 1.67. The van der Waals surface area contributed by atoms with Gasteiger partial charge in [-0.05, 0) is 48.9 Å². The lowest BCUT2D eigenvalue weighted by atomic mass is 10.0. The Morgan fingerprint density at radius 3 is 2.04 bits per heavy atom. The molecule has 0 aromatic heterocycles. The topological polar surface area (TPSA) is 61.8 Å². The highest BCUT2D eigenvalue weighted by atomic mass is 16.5. The Kier molecular flexibility index (Phi) is 6.29. The van der Waals surface area contributed by atoms with Crippen LogP contribution < -0.4 is 10.1 Å². The first-order valence-corrected chi connectivity index (χ1v) is 9.14. The lowest BCUT2D eigenvalue weighted by Crippen LogP contribution is -2.41. The van der Waals surface area contributed by atoms with Crippen LogP contribution in [0.3, 0.4) is 0 Å². The molecule has 0 aliphatic heterocycles. The van der Waals surface area contributed by atoms with Crippen LogP contribution in [0.2, 0.25) is 0 Å². The van der Waals surface area contributed by atoms with E-state index in [9.17, 15) is 9.90 Å². The van der Waals surface area contributed by atoms with E-state index >= 15 is 0 Å². The van der Waals surface area contributed by atoms with Crippen molar-refractivity contribution in [3.63, 3.8) is 0 Å². The summed E-state index contributed by atoms with van der Waals surface area (Å²) in [6, 6.07) is 25.3. The van der Waals surface area contributed by atoms with Gasteiger partial charge >= 0.3 is 6.03 Å². The number of carbonyl (C=O) groups excluding carboxylic acids is 1. The normalized spacial score (nSPS) is 12.7. The van der Waals surface area contributed by atoms with Crippen molar-refractivity contribution in [3.8, 4) is 11.5 Å². The minimum absolute atomic E-state index is 0.292. The number of nitrogens with one attached hydrogen (secondary N) is 1. The van der Waals surface area contributed by atoms with Crippen molar-refractivity contribution in [2.75, 3.05) is 12.4 Å². The van der Waals surface area contributed by atoms with E-state index in [1.807, 2.05) is 67.6 Å². The Balaban J connectivity index is 1.59. The predicted molar refractivity (Wildman–Crippen MR) is 111 cm³/mol. The Hall–Kier alpha value is -3.31. The van der Waals surface area contributed by atoms with Gasteiger partial charge in [-0.1, -0.05) is 48.5 Å². The molecule has 0 radical (unpaired) electrons. The summed E-state index contributed by atoms with van der Waals surface area (Å²) in [5.41, 5.74) is 1.43. The number of amides is 2. The number of urea groups is 1. The minimum Gasteiger partial charge on any atom is -0.457 e. The van der Waals surface area contributed by atoms with Gasteiger partial charge in [0.05, 0.1) is 12.1 Å². The lowest BCUT2D eigenvalue weighted by molar-refractivity contribution is 0.0894. The van der Waals surface area contributed by atoms with Crippen LogP contribution in [0.1, 0.15) is 18.6 Å². The molecule has 2 atom stereocenters. The zero-order valence-electron chi connectivity index (χ0n) is 15.9. The fourth-order valence-corrected chi connectivity index (χ4v) is 2.77. The monoisotopic (exact) mass is 376 g/mol. The van der Waals surface area contributed by atoms with Crippen LogP contribution in [-0.4, -0.2) is 29.1 Å². The minimum atomic E-state index is -0.765. The molecule has 0 heterocycles. The fraction of sp³-hybridized carbons (Fsp3) is 0.174. The van der Waals surface area contributed by atoms with Gasteiger partial charge in [-0.15, -0.1) is 0 Å². The van der Waals surface area contributed by atoms with Crippen LogP contribution in [-0.2, 0) is 0 Å². The maximum atomic E-state index is 12.5. The van der Waals surface area contributed by atoms with Gasteiger partial charge < -0.3 is 20.1 Å². The predicted octanol–water partition coefficient (Wildman–Crippen LogP) is 5.06. The molecular formula is C23H24N2O3. The van der Waals surface area contributed by atoms with Crippen molar-refractivity contribution in [2.45, 2.75) is 19.1 Å². The van der Waals surface area contributed by atoms with Gasteiger partial charge in [0.25, 0.3) is 0 Å². The second kappa shape index (κ2) is 9.06. The Morgan fingerprint density at radius 1 is 0.893 bits per heavy atom. The molecule has 2 amide bonds. The number of rotatable bonds is 6. The highest BCUT2D eigenvalue weighted by molar-refractivity contribution is 5.89. The maximum absolute atomic E-state index is 12.5. The number of para-hydroxylation sites is 1. The summed E-state index contributed by atoms with van der Waals surface area (Å²) in [6.07, 6.45) is -0.765. The van der Waals surface area contributed by atoms with E-state index in [1.165, 1.54) is 4.90 Å². The number of hydrogen-bond donors (Lipinski definition) is 2. The molecule has 28 heavy (non-hydrogen) atoms.